The Labute approximate surface area is 181 Å². The van der Waals surface area contributed by atoms with Gasteiger partial charge in [-0.1, -0.05) is 30.3 Å². The molecule has 0 saturated carbocycles. The second kappa shape index (κ2) is 8.20. The Kier molecular flexibility index (Phi) is 5.09. The number of hydrogen-bond acceptors (Lipinski definition) is 6. The van der Waals surface area contributed by atoms with Gasteiger partial charge in [0.15, 0.2) is 0 Å². The number of hydrogen-bond donors (Lipinski definition) is 2. The molecule has 31 heavy (non-hydrogen) atoms. The van der Waals surface area contributed by atoms with E-state index in [1.165, 1.54) is 5.56 Å². The Morgan fingerprint density at radius 2 is 2.00 bits per heavy atom. The zero-order valence-electron chi connectivity index (χ0n) is 17.5. The Hall–Kier alpha value is -3.71. The predicted octanol–water partition coefficient (Wildman–Crippen LogP) is 3.96. The first-order chi connectivity index (χ1) is 15.2. The molecule has 0 aliphatic carbocycles. The van der Waals surface area contributed by atoms with E-state index in [1.807, 2.05) is 48.1 Å². The summed E-state index contributed by atoms with van der Waals surface area (Å²) in [4.78, 5) is 13.7. The monoisotopic (exact) mass is 412 g/mol. The highest BCUT2D eigenvalue weighted by molar-refractivity contribution is 5.62. The van der Waals surface area contributed by atoms with Crippen LogP contribution >= 0.6 is 0 Å². The van der Waals surface area contributed by atoms with E-state index in [-0.39, 0.29) is 5.92 Å². The first-order valence-electron chi connectivity index (χ1n) is 10.3. The summed E-state index contributed by atoms with van der Waals surface area (Å²) in [6.45, 7) is 3.61. The van der Waals surface area contributed by atoms with Gasteiger partial charge in [0, 0.05) is 48.7 Å². The summed E-state index contributed by atoms with van der Waals surface area (Å²) in [5.74, 6) is 1.52. The highest BCUT2D eigenvalue weighted by Crippen LogP contribution is 2.31. The van der Waals surface area contributed by atoms with Crippen LogP contribution in [0.2, 0.25) is 0 Å². The van der Waals surface area contributed by atoms with E-state index in [9.17, 15) is 0 Å². The molecule has 1 aliphatic rings. The number of benzene rings is 2. The summed E-state index contributed by atoms with van der Waals surface area (Å²) in [6.07, 6.45) is 5.66. The topological polar surface area (TPSA) is 76.9 Å². The van der Waals surface area contributed by atoms with Gasteiger partial charge >= 0.3 is 0 Å². The molecule has 5 rings (SSSR count). The van der Waals surface area contributed by atoms with Crippen molar-refractivity contribution in [1.29, 1.82) is 0 Å². The van der Waals surface area contributed by atoms with Gasteiger partial charge in [-0.25, -0.2) is 15.0 Å². The number of imidazole rings is 1. The van der Waals surface area contributed by atoms with E-state index >= 15 is 0 Å². The number of aryl methyl sites for hydroxylation is 1. The third kappa shape index (κ3) is 3.87. The molecule has 0 radical (unpaired) electrons. The molecule has 1 atom stereocenters. The zero-order valence-corrected chi connectivity index (χ0v) is 17.5. The van der Waals surface area contributed by atoms with E-state index < -0.39 is 0 Å². The number of rotatable bonds is 5. The minimum atomic E-state index is 0.204. The number of anilines is 2. The van der Waals surface area contributed by atoms with Crippen molar-refractivity contribution in [2.75, 3.05) is 19.0 Å². The summed E-state index contributed by atoms with van der Waals surface area (Å²) < 4.78 is 7.56. The van der Waals surface area contributed by atoms with Crippen molar-refractivity contribution in [2.24, 2.45) is 0 Å². The summed E-state index contributed by atoms with van der Waals surface area (Å²) in [6, 6.07) is 16.4. The lowest BCUT2D eigenvalue weighted by atomic mass is 9.90. The summed E-state index contributed by atoms with van der Waals surface area (Å²) in [7, 11) is 1.67. The maximum Gasteiger partial charge on any atom is 0.227 e. The van der Waals surface area contributed by atoms with Gasteiger partial charge in [-0.05, 0) is 24.6 Å². The molecule has 2 aromatic carbocycles. The molecular formula is C24H24N6O. The van der Waals surface area contributed by atoms with Crippen LogP contribution in [0.15, 0.2) is 67.3 Å². The minimum Gasteiger partial charge on any atom is -0.494 e. The number of methoxy groups -OCH3 is 1. The maximum absolute atomic E-state index is 5.62. The van der Waals surface area contributed by atoms with E-state index in [2.05, 4.69) is 44.9 Å². The van der Waals surface area contributed by atoms with Gasteiger partial charge in [-0.15, -0.1) is 0 Å². The molecule has 4 aromatic rings. The zero-order chi connectivity index (χ0) is 21.2. The van der Waals surface area contributed by atoms with Crippen molar-refractivity contribution in [3.8, 4) is 11.4 Å². The highest BCUT2D eigenvalue weighted by Gasteiger charge is 2.24. The molecule has 7 nitrogen and oxygen atoms in total. The van der Waals surface area contributed by atoms with Crippen molar-refractivity contribution < 1.29 is 4.74 Å². The Bertz CT molecular complexity index is 1200. The van der Waals surface area contributed by atoms with Crippen LogP contribution in [0, 0.1) is 6.92 Å². The predicted molar refractivity (Wildman–Crippen MR) is 120 cm³/mol. The Morgan fingerprint density at radius 3 is 2.77 bits per heavy atom. The molecule has 1 unspecified atom stereocenters. The van der Waals surface area contributed by atoms with E-state index in [0.29, 0.717) is 5.95 Å². The van der Waals surface area contributed by atoms with Gasteiger partial charge < -0.3 is 19.9 Å². The van der Waals surface area contributed by atoms with E-state index in [1.54, 1.807) is 13.4 Å². The molecule has 0 spiro atoms. The van der Waals surface area contributed by atoms with Gasteiger partial charge in [0.25, 0.3) is 0 Å². The standard InChI is InChI=1S/C24H24N6O/c1-16-14-30(15-27-16)21-9-8-19(10-22(21)31-2)28-24-26-12-18-11-25-13-20(23(18)29-24)17-6-4-3-5-7-17/h3-10,12,14-15,20,25H,11,13H2,1-2H3,(H,26,28,29). The van der Waals surface area contributed by atoms with Crippen LogP contribution in [0.1, 0.15) is 28.4 Å². The average molecular weight is 412 g/mol. The second-order valence-electron chi connectivity index (χ2n) is 7.63. The van der Waals surface area contributed by atoms with Gasteiger partial charge in [0.1, 0.15) is 5.75 Å². The number of aromatic nitrogens is 4. The smallest absolute Gasteiger partial charge is 0.227 e. The number of nitrogens with one attached hydrogen (secondary N) is 2. The molecule has 3 heterocycles. The molecule has 7 heteroatoms. The number of nitrogens with zero attached hydrogens (tertiary/aromatic N) is 4. The van der Waals surface area contributed by atoms with Crippen LogP contribution < -0.4 is 15.4 Å². The normalized spacial score (nSPS) is 15.4. The molecule has 2 aromatic heterocycles. The van der Waals surface area contributed by atoms with Crippen LogP contribution in [0.5, 0.6) is 5.75 Å². The fourth-order valence-electron chi connectivity index (χ4n) is 3.98. The molecule has 2 N–H and O–H groups in total. The summed E-state index contributed by atoms with van der Waals surface area (Å²) in [5.41, 5.74) is 6.20. The lowest BCUT2D eigenvalue weighted by Gasteiger charge is -2.26. The van der Waals surface area contributed by atoms with Crippen LogP contribution in [0.3, 0.4) is 0 Å². The summed E-state index contributed by atoms with van der Waals surface area (Å²) >= 11 is 0. The molecule has 0 saturated heterocycles. The van der Waals surface area contributed by atoms with E-state index in [0.717, 1.165) is 47.2 Å². The minimum absolute atomic E-state index is 0.204. The summed E-state index contributed by atoms with van der Waals surface area (Å²) in [5, 5.41) is 6.81. The van der Waals surface area contributed by atoms with Gasteiger partial charge in [0.2, 0.25) is 5.95 Å². The Balaban J connectivity index is 1.44. The van der Waals surface area contributed by atoms with Gasteiger partial charge in [-0.3, -0.25) is 0 Å². The third-order valence-electron chi connectivity index (χ3n) is 5.52. The third-order valence-corrected chi connectivity index (χ3v) is 5.52. The fraction of sp³-hybridized carbons (Fsp3) is 0.208. The fourth-order valence-corrected chi connectivity index (χ4v) is 3.98. The van der Waals surface area contributed by atoms with Crippen LogP contribution in [-0.2, 0) is 6.54 Å². The first kappa shape index (κ1) is 19.3. The van der Waals surface area contributed by atoms with Crippen molar-refractivity contribution in [1.82, 2.24) is 24.8 Å². The number of ether oxygens (including phenoxy) is 1. The largest absolute Gasteiger partial charge is 0.494 e. The number of fused-ring (bicyclic) bond motifs is 1. The van der Waals surface area contributed by atoms with Crippen molar-refractivity contribution in [3.05, 3.63) is 89.8 Å². The van der Waals surface area contributed by atoms with Gasteiger partial charge in [-0.2, -0.15) is 0 Å². The lowest BCUT2D eigenvalue weighted by molar-refractivity contribution is 0.413. The van der Waals surface area contributed by atoms with Crippen molar-refractivity contribution in [3.63, 3.8) is 0 Å². The van der Waals surface area contributed by atoms with Gasteiger partial charge in [0.05, 0.1) is 30.5 Å². The molecule has 0 bridgehead atoms. The Morgan fingerprint density at radius 1 is 1.13 bits per heavy atom. The molecule has 156 valence electrons. The lowest BCUT2D eigenvalue weighted by Crippen LogP contribution is -2.30. The SMILES string of the molecule is COc1cc(Nc2ncc3c(n2)C(c2ccccc2)CNC3)ccc1-n1cnc(C)c1. The maximum atomic E-state index is 5.62. The average Bonchev–Trinajstić information content (AvgIpc) is 3.25. The second-order valence-corrected chi connectivity index (χ2v) is 7.63. The van der Waals surface area contributed by atoms with Crippen molar-refractivity contribution in [2.45, 2.75) is 19.4 Å². The van der Waals surface area contributed by atoms with Crippen LogP contribution in [-0.4, -0.2) is 33.2 Å². The quantitative estimate of drug-likeness (QED) is 0.517. The first-order valence-corrected chi connectivity index (χ1v) is 10.3. The molecule has 0 fully saturated rings. The van der Waals surface area contributed by atoms with Crippen molar-refractivity contribution >= 4 is 11.6 Å². The van der Waals surface area contributed by atoms with Crippen LogP contribution in [0.4, 0.5) is 11.6 Å². The van der Waals surface area contributed by atoms with Crippen LogP contribution in [0.25, 0.3) is 5.69 Å². The molecular weight excluding hydrogens is 388 g/mol. The molecule has 0 amide bonds. The highest BCUT2D eigenvalue weighted by atomic mass is 16.5. The van der Waals surface area contributed by atoms with E-state index in [4.69, 9.17) is 9.72 Å². The molecule has 1 aliphatic heterocycles.